The average Bonchev–Trinajstić information content (AvgIpc) is 3.10. The summed E-state index contributed by atoms with van der Waals surface area (Å²) in [6.07, 6.45) is 1.72. The summed E-state index contributed by atoms with van der Waals surface area (Å²) in [5.74, 6) is 1.54. The molecule has 5 nitrogen and oxygen atoms in total. The first-order valence-electron chi connectivity index (χ1n) is 9.38. The van der Waals surface area contributed by atoms with Crippen molar-refractivity contribution in [3.05, 3.63) is 93.0 Å². The van der Waals surface area contributed by atoms with Gasteiger partial charge in [-0.25, -0.2) is 4.99 Å². The third-order valence-electron chi connectivity index (χ3n) is 4.76. The van der Waals surface area contributed by atoms with Crippen molar-refractivity contribution in [1.29, 1.82) is 0 Å². The molecule has 0 saturated carbocycles. The molecule has 31 heavy (non-hydrogen) atoms. The van der Waals surface area contributed by atoms with Gasteiger partial charge in [0.05, 0.1) is 19.9 Å². The van der Waals surface area contributed by atoms with Crippen LogP contribution in [-0.4, -0.2) is 26.0 Å². The van der Waals surface area contributed by atoms with Gasteiger partial charge in [0.1, 0.15) is 23.0 Å². The number of ether oxygens (including phenoxy) is 2. The number of amidine groups is 1. The number of anilines is 1. The Kier molecular flexibility index (Phi) is 6.11. The molecule has 0 fully saturated rings. The van der Waals surface area contributed by atoms with Crippen LogP contribution >= 0.6 is 27.5 Å². The minimum Gasteiger partial charge on any atom is -0.497 e. The third-order valence-corrected chi connectivity index (χ3v) is 5.51. The van der Waals surface area contributed by atoms with Gasteiger partial charge >= 0.3 is 0 Å². The zero-order valence-corrected chi connectivity index (χ0v) is 19.1. The molecule has 0 saturated heterocycles. The first-order valence-corrected chi connectivity index (χ1v) is 10.6. The van der Waals surface area contributed by atoms with E-state index in [1.807, 2.05) is 48.5 Å². The van der Waals surface area contributed by atoms with Gasteiger partial charge in [-0.05, 0) is 60.7 Å². The van der Waals surface area contributed by atoms with Gasteiger partial charge in [-0.3, -0.25) is 9.69 Å². The Balaban J connectivity index is 1.83. The highest BCUT2D eigenvalue weighted by Gasteiger charge is 2.32. The highest BCUT2D eigenvalue weighted by molar-refractivity contribution is 9.10. The number of halogens is 2. The van der Waals surface area contributed by atoms with E-state index in [2.05, 4.69) is 20.9 Å². The molecule has 1 heterocycles. The van der Waals surface area contributed by atoms with Gasteiger partial charge in [0.2, 0.25) is 0 Å². The van der Waals surface area contributed by atoms with Crippen LogP contribution in [0.25, 0.3) is 6.08 Å². The fourth-order valence-electron chi connectivity index (χ4n) is 3.25. The zero-order valence-electron chi connectivity index (χ0n) is 16.8. The molecule has 1 aliphatic heterocycles. The van der Waals surface area contributed by atoms with Crippen LogP contribution in [0.4, 0.5) is 5.69 Å². The van der Waals surface area contributed by atoms with Gasteiger partial charge in [0.25, 0.3) is 5.91 Å². The van der Waals surface area contributed by atoms with Gasteiger partial charge in [0.15, 0.2) is 0 Å². The summed E-state index contributed by atoms with van der Waals surface area (Å²) in [5.41, 5.74) is 2.51. The molecule has 0 radical (unpaired) electrons. The van der Waals surface area contributed by atoms with Gasteiger partial charge in [-0.2, -0.15) is 0 Å². The standard InChI is InChI=1S/C24H18BrClN2O3/c1-30-20-11-8-16(22(14-20)31-2)12-21-24(29)28(19-5-3-4-17(25)13-19)23(27-21)15-6-9-18(26)10-7-15/h3-14H,1-2H3/b21-12+. The van der Waals surface area contributed by atoms with E-state index in [9.17, 15) is 4.79 Å². The summed E-state index contributed by atoms with van der Waals surface area (Å²) in [6.45, 7) is 0. The van der Waals surface area contributed by atoms with E-state index in [0.717, 1.165) is 15.6 Å². The van der Waals surface area contributed by atoms with E-state index in [-0.39, 0.29) is 5.91 Å². The molecule has 156 valence electrons. The average molecular weight is 498 g/mol. The Morgan fingerprint density at radius 3 is 2.45 bits per heavy atom. The van der Waals surface area contributed by atoms with Crippen LogP contribution in [0.15, 0.2) is 81.9 Å². The predicted molar refractivity (Wildman–Crippen MR) is 127 cm³/mol. The molecule has 0 aliphatic carbocycles. The summed E-state index contributed by atoms with van der Waals surface area (Å²) < 4.78 is 11.6. The lowest BCUT2D eigenvalue weighted by Gasteiger charge is -2.19. The van der Waals surface area contributed by atoms with Crippen molar-refractivity contribution in [2.45, 2.75) is 0 Å². The van der Waals surface area contributed by atoms with Crippen molar-refractivity contribution < 1.29 is 14.3 Å². The number of hydrogen-bond donors (Lipinski definition) is 0. The van der Waals surface area contributed by atoms with Crippen LogP contribution in [0, 0.1) is 0 Å². The van der Waals surface area contributed by atoms with E-state index >= 15 is 0 Å². The van der Waals surface area contributed by atoms with Crippen molar-refractivity contribution >= 4 is 51.0 Å². The van der Waals surface area contributed by atoms with Crippen molar-refractivity contribution in [1.82, 2.24) is 0 Å². The van der Waals surface area contributed by atoms with Crippen LogP contribution in [0.1, 0.15) is 11.1 Å². The highest BCUT2D eigenvalue weighted by Crippen LogP contribution is 2.32. The second-order valence-electron chi connectivity index (χ2n) is 6.70. The molecular weight excluding hydrogens is 480 g/mol. The number of rotatable bonds is 5. The summed E-state index contributed by atoms with van der Waals surface area (Å²) in [5, 5.41) is 0.612. The number of hydrogen-bond acceptors (Lipinski definition) is 4. The number of amides is 1. The lowest BCUT2D eigenvalue weighted by molar-refractivity contribution is -0.113. The molecule has 3 aromatic carbocycles. The zero-order chi connectivity index (χ0) is 22.0. The van der Waals surface area contributed by atoms with Crippen molar-refractivity contribution in [2.24, 2.45) is 4.99 Å². The van der Waals surface area contributed by atoms with Crippen molar-refractivity contribution in [3.63, 3.8) is 0 Å². The maximum atomic E-state index is 13.4. The van der Waals surface area contributed by atoms with E-state index in [0.29, 0.717) is 33.7 Å². The third kappa shape index (κ3) is 4.36. The van der Waals surface area contributed by atoms with Gasteiger partial charge in [0, 0.05) is 26.7 Å². The molecule has 4 rings (SSSR count). The van der Waals surface area contributed by atoms with Gasteiger partial charge < -0.3 is 9.47 Å². The summed E-state index contributed by atoms with van der Waals surface area (Å²) >= 11 is 9.53. The van der Waals surface area contributed by atoms with E-state index in [4.69, 9.17) is 21.1 Å². The molecule has 1 aliphatic rings. The fraction of sp³-hybridized carbons (Fsp3) is 0.0833. The Labute approximate surface area is 193 Å². The molecule has 0 aromatic heterocycles. The number of benzene rings is 3. The molecule has 3 aromatic rings. The molecular formula is C24H18BrClN2O3. The maximum Gasteiger partial charge on any atom is 0.282 e. The highest BCUT2D eigenvalue weighted by atomic mass is 79.9. The SMILES string of the molecule is COc1ccc(/C=C2/N=C(c3ccc(Cl)cc3)N(c3cccc(Br)c3)C2=O)c(OC)c1. The van der Waals surface area contributed by atoms with Gasteiger partial charge in [-0.15, -0.1) is 0 Å². The van der Waals surface area contributed by atoms with Crippen LogP contribution in [0.3, 0.4) is 0 Å². The van der Waals surface area contributed by atoms with E-state index < -0.39 is 0 Å². The number of carbonyl (C=O) groups excluding carboxylic acids is 1. The second-order valence-corrected chi connectivity index (χ2v) is 8.05. The van der Waals surface area contributed by atoms with Crippen LogP contribution in [-0.2, 0) is 4.79 Å². The summed E-state index contributed by atoms with van der Waals surface area (Å²) in [7, 11) is 3.16. The molecule has 0 bridgehead atoms. The minimum absolute atomic E-state index is 0.235. The molecule has 1 amide bonds. The Morgan fingerprint density at radius 1 is 1.00 bits per heavy atom. The molecule has 0 unspecified atom stereocenters. The summed E-state index contributed by atoms with van der Waals surface area (Å²) in [6, 6.07) is 20.2. The topological polar surface area (TPSA) is 51.1 Å². The molecule has 0 N–H and O–H groups in total. The maximum absolute atomic E-state index is 13.4. The monoisotopic (exact) mass is 496 g/mol. The smallest absolute Gasteiger partial charge is 0.282 e. The summed E-state index contributed by atoms with van der Waals surface area (Å²) in [4.78, 5) is 19.7. The predicted octanol–water partition coefficient (Wildman–Crippen LogP) is 5.95. The lowest BCUT2D eigenvalue weighted by Crippen LogP contribution is -2.32. The fourth-order valence-corrected chi connectivity index (χ4v) is 3.76. The first-order chi connectivity index (χ1) is 15.0. The second kappa shape index (κ2) is 8.96. The normalized spacial score (nSPS) is 14.7. The van der Waals surface area contributed by atoms with E-state index in [1.165, 1.54) is 0 Å². The molecule has 7 heteroatoms. The van der Waals surface area contributed by atoms with Crippen LogP contribution in [0.5, 0.6) is 11.5 Å². The Morgan fingerprint density at radius 2 is 1.77 bits per heavy atom. The molecule has 0 spiro atoms. The van der Waals surface area contributed by atoms with Crippen molar-refractivity contribution in [2.75, 3.05) is 19.1 Å². The molecule has 0 atom stereocenters. The van der Waals surface area contributed by atoms with Crippen LogP contribution < -0.4 is 14.4 Å². The largest absolute Gasteiger partial charge is 0.497 e. The lowest BCUT2D eigenvalue weighted by atomic mass is 10.1. The number of methoxy groups -OCH3 is 2. The van der Waals surface area contributed by atoms with Crippen LogP contribution in [0.2, 0.25) is 5.02 Å². The Hall–Kier alpha value is -3.09. The Bertz CT molecular complexity index is 1210. The minimum atomic E-state index is -0.235. The van der Waals surface area contributed by atoms with Crippen molar-refractivity contribution in [3.8, 4) is 11.5 Å². The number of carbonyl (C=O) groups is 1. The van der Waals surface area contributed by atoms with E-state index in [1.54, 1.807) is 43.4 Å². The number of nitrogens with zero attached hydrogens (tertiary/aromatic N) is 2. The number of aliphatic imine (C=N–C) groups is 1. The quantitative estimate of drug-likeness (QED) is 0.409. The van der Waals surface area contributed by atoms with Gasteiger partial charge in [-0.1, -0.05) is 33.6 Å². The first kappa shape index (κ1) is 21.2.